The summed E-state index contributed by atoms with van der Waals surface area (Å²) in [7, 11) is 0. The van der Waals surface area contributed by atoms with E-state index in [2.05, 4.69) is 24.1 Å². The van der Waals surface area contributed by atoms with E-state index in [-0.39, 0.29) is 5.91 Å². The lowest BCUT2D eigenvalue weighted by Gasteiger charge is -2.02. The van der Waals surface area contributed by atoms with Crippen LogP contribution in [0.2, 0.25) is 0 Å². The zero-order chi connectivity index (χ0) is 12.3. The smallest absolute Gasteiger partial charge is 0.260 e. The molecule has 2 aromatic heterocycles. The third-order valence-electron chi connectivity index (χ3n) is 2.64. The molecule has 0 aliphatic heterocycles. The number of carbonyl (C=O) groups is 1. The first-order chi connectivity index (χ1) is 8.20. The summed E-state index contributed by atoms with van der Waals surface area (Å²) < 4.78 is 4.86. The highest BCUT2D eigenvalue weighted by atomic mass is 32.1. The number of rotatable bonds is 4. The van der Waals surface area contributed by atoms with Gasteiger partial charge in [-0.05, 0) is 18.4 Å². The number of nitrogens with zero attached hydrogens (tertiary/aromatic N) is 1. The molecule has 5 heteroatoms. The van der Waals surface area contributed by atoms with E-state index in [0.29, 0.717) is 16.6 Å². The largest absolute Gasteiger partial charge is 0.472 e. The molecule has 0 spiro atoms. The van der Waals surface area contributed by atoms with Gasteiger partial charge < -0.3 is 4.42 Å². The van der Waals surface area contributed by atoms with Gasteiger partial charge in [-0.1, -0.05) is 13.8 Å². The fraction of sp³-hybridized carbons (Fsp3) is 0.333. The van der Waals surface area contributed by atoms with Crippen molar-refractivity contribution in [3.8, 4) is 0 Å². The molecule has 2 aromatic rings. The molecule has 1 unspecified atom stereocenters. The molecule has 0 fully saturated rings. The molecule has 90 valence electrons. The van der Waals surface area contributed by atoms with Crippen LogP contribution in [0.15, 0.2) is 28.4 Å². The maximum Gasteiger partial charge on any atom is 0.260 e. The van der Waals surface area contributed by atoms with E-state index in [9.17, 15) is 4.79 Å². The second-order valence-electron chi connectivity index (χ2n) is 3.85. The summed E-state index contributed by atoms with van der Waals surface area (Å²) in [4.78, 5) is 16.1. The number of furan rings is 1. The Bertz CT molecular complexity index is 490. The van der Waals surface area contributed by atoms with Gasteiger partial charge >= 0.3 is 0 Å². The van der Waals surface area contributed by atoms with Crippen LogP contribution in [0.1, 0.15) is 42.2 Å². The van der Waals surface area contributed by atoms with Crippen molar-refractivity contribution in [3.63, 3.8) is 0 Å². The lowest BCUT2D eigenvalue weighted by Crippen LogP contribution is -2.10. The SMILES string of the molecule is CCC(C)c1csc(NC(=O)c2ccoc2)n1. The average molecular weight is 250 g/mol. The van der Waals surface area contributed by atoms with Crippen LogP contribution >= 0.6 is 11.3 Å². The van der Waals surface area contributed by atoms with E-state index in [4.69, 9.17) is 4.42 Å². The minimum Gasteiger partial charge on any atom is -0.472 e. The first-order valence-corrected chi connectivity index (χ1v) is 6.37. The molecular weight excluding hydrogens is 236 g/mol. The molecule has 4 nitrogen and oxygen atoms in total. The third-order valence-corrected chi connectivity index (χ3v) is 3.42. The zero-order valence-electron chi connectivity index (χ0n) is 9.77. The number of anilines is 1. The molecule has 0 bridgehead atoms. The normalized spacial score (nSPS) is 12.4. The average Bonchev–Trinajstić information content (AvgIpc) is 2.98. The van der Waals surface area contributed by atoms with Gasteiger partial charge in [0, 0.05) is 5.38 Å². The van der Waals surface area contributed by atoms with Gasteiger partial charge in [0.25, 0.3) is 5.91 Å². The molecule has 0 aliphatic rings. The van der Waals surface area contributed by atoms with Crippen LogP contribution < -0.4 is 5.32 Å². The van der Waals surface area contributed by atoms with Crippen molar-refractivity contribution >= 4 is 22.4 Å². The third kappa shape index (κ3) is 2.74. The van der Waals surface area contributed by atoms with E-state index in [0.717, 1.165) is 12.1 Å². The van der Waals surface area contributed by atoms with Gasteiger partial charge in [-0.2, -0.15) is 0 Å². The summed E-state index contributed by atoms with van der Waals surface area (Å²) in [5.41, 5.74) is 1.53. The highest BCUT2D eigenvalue weighted by Crippen LogP contribution is 2.24. The summed E-state index contributed by atoms with van der Waals surface area (Å²) in [6.45, 7) is 4.24. The predicted molar refractivity (Wildman–Crippen MR) is 67.5 cm³/mol. The molecule has 0 saturated carbocycles. The number of hydrogen-bond acceptors (Lipinski definition) is 4. The van der Waals surface area contributed by atoms with Crippen LogP contribution in [0.4, 0.5) is 5.13 Å². The molecule has 17 heavy (non-hydrogen) atoms. The van der Waals surface area contributed by atoms with Crippen molar-refractivity contribution in [2.45, 2.75) is 26.2 Å². The van der Waals surface area contributed by atoms with Crippen LogP contribution in [0.5, 0.6) is 0 Å². The monoisotopic (exact) mass is 250 g/mol. The molecule has 0 saturated heterocycles. The number of hydrogen-bond donors (Lipinski definition) is 1. The summed E-state index contributed by atoms with van der Waals surface area (Å²) >= 11 is 1.45. The Morgan fingerprint density at radius 3 is 3.12 bits per heavy atom. The van der Waals surface area contributed by atoms with Crippen LogP contribution in [-0.2, 0) is 0 Å². The van der Waals surface area contributed by atoms with E-state index in [1.165, 1.54) is 23.9 Å². The molecule has 0 radical (unpaired) electrons. The lowest BCUT2D eigenvalue weighted by molar-refractivity contribution is 0.102. The molecule has 2 rings (SSSR count). The van der Waals surface area contributed by atoms with Crippen molar-refractivity contribution in [1.29, 1.82) is 0 Å². The highest BCUT2D eigenvalue weighted by molar-refractivity contribution is 7.14. The maximum absolute atomic E-state index is 11.7. The van der Waals surface area contributed by atoms with Crippen LogP contribution in [-0.4, -0.2) is 10.9 Å². The van der Waals surface area contributed by atoms with E-state index in [1.54, 1.807) is 6.07 Å². The van der Waals surface area contributed by atoms with Crippen LogP contribution in [0, 0.1) is 0 Å². The van der Waals surface area contributed by atoms with Crippen LogP contribution in [0.3, 0.4) is 0 Å². The number of thiazole rings is 1. The number of aromatic nitrogens is 1. The Balaban J connectivity index is 2.04. The number of carbonyl (C=O) groups excluding carboxylic acids is 1. The van der Waals surface area contributed by atoms with Gasteiger partial charge in [0.1, 0.15) is 6.26 Å². The fourth-order valence-corrected chi connectivity index (χ4v) is 2.17. The number of amides is 1. The van der Waals surface area contributed by atoms with Gasteiger partial charge in [0.05, 0.1) is 17.5 Å². The van der Waals surface area contributed by atoms with Gasteiger partial charge in [-0.15, -0.1) is 11.3 Å². The molecule has 0 aliphatic carbocycles. The Labute approximate surface area is 104 Å². The van der Waals surface area contributed by atoms with Gasteiger partial charge in [0.2, 0.25) is 0 Å². The van der Waals surface area contributed by atoms with Crippen molar-refractivity contribution in [2.24, 2.45) is 0 Å². The first kappa shape index (κ1) is 11.9. The van der Waals surface area contributed by atoms with Gasteiger partial charge in [-0.3, -0.25) is 10.1 Å². The minimum absolute atomic E-state index is 0.191. The second kappa shape index (κ2) is 5.14. The van der Waals surface area contributed by atoms with Crippen molar-refractivity contribution in [3.05, 3.63) is 35.2 Å². The molecule has 1 atom stereocenters. The fourth-order valence-electron chi connectivity index (χ4n) is 1.34. The summed E-state index contributed by atoms with van der Waals surface area (Å²) in [6, 6.07) is 1.62. The van der Waals surface area contributed by atoms with Gasteiger partial charge in [0.15, 0.2) is 5.13 Å². The van der Waals surface area contributed by atoms with E-state index < -0.39 is 0 Å². The number of nitrogens with one attached hydrogen (secondary N) is 1. The molecule has 2 heterocycles. The second-order valence-corrected chi connectivity index (χ2v) is 4.71. The topological polar surface area (TPSA) is 55.1 Å². The predicted octanol–water partition coefficient (Wildman–Crippen LogP) is 3.50. The van der Waals surface area contributed by atoms with Crippen LogP contribution in [0.25, 0.3) is 0 Å². The van der Waals surface area contributed by atoms with Crippen molar-refractivity contribution < 1.29 is 9.21 Å². The van der Waals surface area contributed by atoms with Crippen molar-refractivity contribution in [1.82, 2.24) is 4.98 Å². The molecule has 0 aromatic carbocycles. The Morgan fingerprint density at radius 2 is 2.47 bits per heavy atom. The lowest BCUT2D eigenvalue weighted by atomic mass is 10.1. The summed E-state index contributed by atoms with van der Waals surface area (Å²) in [6.07, 6.45) is 3.93. The quantitative estimate of drug-likeness (QED) is 0.903. The zero-order valence-corrected chi connectivity index (χ0v) is 10.6. The standard InChI is InChI=1S/C12H14N2O2S/c1-3-8(2)10-7-17-12(13-10)14-11(15)9-4-5-16-6-9/h4-8H,3H2,1-2H3,(H,13,14,15). The molecular formula is C12H14N2O2S. The van der Waals surface area contributed by atoms with Crippen molar-refractivity contribution in [2.75, 3.05) is 5.32 Å². The van der Waals surface area contributed by atoms with Gasteiger partial charge in [-0.25, -0.2) is 4.98 Å². The maximum atomic E-state index is 11.7. The molecule has 1 amide bonds. The Kier molecular flexibility index (Phi) is 3.58. The minimum atomic E-state index is -0.191. The summed E-state index contributed by atoms with van der Waals surface area (Å²) in [5.74, 6) is 0.231. The Hall–Kier alpha value is -1.62. The summed E-state index contributed by atoms with van der Waals surface area (Å²) in [5, 5.41) is 5.37. The van der Waals surface area contributed by atoms with E-state index >= 15 is 0 Å². The van der Waals surface area contributed by atoms with E-state index in [1.807, 2.05) is 5.38 Å². The molecule has 1 N–H and O–H groups in total. The Morgan fingerprint density at radius 1 is 1.65 bits per heavy atom. The highest BCUT2D eigenvalue weighted by Gasteiger charge is 2.12. The first-order valence-electron chi connectivity index (χ1n) is 5.49.